The topological polar surface area (TPSA) is 130 Å². The van der Waals surface area contributed by atoms with E-state index in [1.54, 1.807) is 75.0 Å². The number of nitrogens with one attached hydrogen (secondary N) is 3. The largest absolute Gasteiger partial charge is 0.497 e. The number of methoxy groups -OCH3 is 1. The van der Waals surface area contributed by atoms with Gasteiger partial charge < -0.3 is 15.0 Å². The van der Waals surface area contributed by atoms with Crippen molar-refractivity contribution >= 4 is 44.4 Å². The Morgan fingerprint density at radius 2 is 1.68 bits per heavy atom. The molecular formula is C27H27N5O5S. The summed E-state index contributed by atoms with van der Waals surface area (Å²) in [6.45, 7) is 0. The lowest BCUT2D eigenvalue weighted by molar-refractivity contribution is -0.120. The first kappa shape index (κ1) is 26.4. The first-order chi connectivity index (χ1) is 18.3. The average Bonchev–Trinajstić information content (AvgIpc) is 2.92. The number of likely N-dealkylation sites (N-methyl/N-ethyl adjacent to an activating group) is 1. The summed E-state index contributed by atoms with van der Waals surface area (Å²) < 4.78 is 35.0. The van der Waals surface area contributed by atoms with E-state index in [9.17, 15) is 18.0 Å². The SMILES string of the molecule is COc1ccc(N(C)C(=O)[C@H](Cc2ccccc2)NC(=O)NS(=O)(=O)Nc2cccc3ncccc23)cc1. The highest BCUT2D eigenvalue weighted by Gasteiger charge is 2.27. The van der Waals surface area contributed by atoms with Gasteiger partial charge >= 0.3 is 16.2 Å². The minimum Gasteiger partial charge on any atom is -0.497 e. The van der Waals surface area contributed by atoms with Crippen LogP contribution in [-0.4, -0.2) is 45.5 Å². The van der Waals surface area contributed by atoms with E-state index in [4.69, 9.17) is 4.74 Å². The van der Waals surface area contributed by atoms with Crippen LogP contribution in [0.15, 0.2) is 91.1 Å². The maximum Gasteiger partial charge on any atom is 0.330 e. The van der Waals surface area contributed by atoms with Crippen LogP contribution >= 0.6 is 0 Å². The molecule has 0 saturated carbocycles. The van der Waals surface area contributed by atoms with Gasteiger partial charge in [0.2, 0.25) is 5.91 Å². The smallest absolute Gasteiger partial charge is 0.330 e. The Bertz CT molecular complexity index is 1520. The Labute approximate surface area is 220 Å². The number of aromatic nitrogens is 1. The van der Waals surface area contributed by atoms with Crippen LogP contribution in [0.25, 0.3) is 10.9 Å². The van der Waals surface area contributed by atoms with Crippen molar-refractivity contribution in [2.24, 2.45) is 0 Å². The zero-order valence-electron chi connectivity index (χ0n) is 20.8. The molecule has 3 aromatic carbocycles. The van der Waals surface area contributed by atoms with Crippen molar-refractivity contribution in [2.45, 2.75) is 12.5 Å². The Morgan fingerprint density at radius 3 is 2.39 bits per heavy atom. The summed E-state index contributed by atoms with van der Waals surface area (Å²) in [7, 11) is -1.21. The molecule has 3 amide bonds. The van der Waals surface area contributed by atoms with Crippen molar-refractivity contribution in [2.75, 3.05) is 23.8 Å². The van der Waals surface area contributed by atoms with Crippen molar-refractivity contribution in [1.82, 2.24) is 15.0 Å². The van der Waals surface area contributed by atoms with E-state index in [2.05, 4.69) is 15.0 Å². The summed E-state index contributed by atoms with van der Waals surface area (Å²) in [6.07, 6.45) is 1.75. The van der Waals surface area contributed by atoms with Crippen molar-refractivity contribution in [3.63, 3.8) is 0 Å². The number of hydrogen-bond acceptors (Lipinski definition) is 6. The number of pyridine rings is 1. The maximum atomic E-state index is 13.4. The van der Waals surface area contributed by atoms with Crippen LogP contribution < -0.4 is 24.4 Å². The third kappa shape index (κ3) is 6.56. The summed E-state index contributed by atoms with van der Waals surface area (Å²) in [6, 6.07) is 22.2. The van der Waals surface area contributed by atoms with Crippen molar-refractivity contribution in [1.29, 1.82) is 0 Å². The summed E-state index contributed by atoms with van der Waals surface area (Å²) in [5.74, 6) is 0.201. The molecule has 4 aromatic rings. The number of anilines is 2. The molecule has 3 N–H and O–H groups in total. The van der Waals surface area contributed by atoms with Crippen molar-refractivity contribution in [3.05, 3.63) is 96.7 Å². The Kier molecular flexibility index (Phi) is 8.07. The van der Waals surface area contributed by atoms with E-state index in [1.807, 2.05) is 35.1 Å². The van der Waals surface area contributed by atoms with Crippen LogP contribution in [0.2, 0.25) is 0 Å². The lowest BCUT2D eigenvalue weighted by Gasteiger charge is -2.25. The first-order valence-electron chi connectivity index (χ1n) is 11.7. The molecule has 4 rings (SSSR count). The van der Waals surface area contributed by atoms with Crippen LogP contribution in [0.3, 0.4) is 0 Å². The molecule has 0 aliphatic carbocycles. The number of hydrogen-bond donors (Lipinski definition) is 3. The standard InChI is InChI=1S/C27H27N5O5S/c1-32(20-13-15-21(37-2)16-14-20)26(33)25(18-19-8-4-3-5-9-19)29-27(34)31-38(35,36)30-24-12-6-11-23-22(24)10-7-17-28-23/h3-17,25,30H,18H2,1-2H3,(H2,29,31,34)/t25-/m0/s1. The van der Waals surface area contributed by atoms with Gasteiger partial charge in [-0.3, -0.25) is 14.5 Å². The van der Waals surface area contributed by atoms with E-state index >= 15 is 0 Å². The molecule has 0 unspecified atom stereocenters. The number of rotatable bonds is 9. The van der Waals surface area contributed by atoms with Crippen LogP contribution in [0.4, 0.5) is 16.2 Å². The molecule has 0 radical (unpaired) electrons. The van der Waals surface area contributed by atoms with E-state index in [1.165, 1.54) is 4.90 Å². The Morgan fingerprint density at radius 1 is 0.947 bits per heavy atom. The predicted molar refractivity (Wildman–Crippen MR) is 146 cm³/mol. The first-order valence-corrected chi connectivity index (χ1v) is 13.1. The molecule has 11 heteroatoms. The van der Waals surface area contributed by atoms with Gasteiger partial charge in [-0.1, -0.05) is 36.4 Å². The minimum atomic E-state index is -4.33. The molecule has 1 heterocycles. The highest BCUT2D eigenvalue weighted by molar-refractivity contribution is 7.91. The second kappa shape index (κ2) is 11.6. The van der Waals surface area contributed by atoms with Crippen LogP contribution in [0, 0.1) is 0 Å². The van der Waals surface area contributed by atoms with Crippen molar-refractivity contribution < 1.29 is 22.7 Å². The molecule has 0 saturated heterocycles. The maximum absolute atomic E-state index is 13.4. The second-order valence-electron chi connectivity index (χ2n) is 8.39. The number of nitrogens with zero attached hydrogens (tertiary/aromatic N) is 2. The number of carbonyl (C=O) groups excluding carboxylic acids is 2. The predicted octanol–water partition coefficient (Wildman–Crippen LogP) is 3.47. The van der Waals surface area contributed by atoms with Crippen LogP contribution in [0.5, 0.6) is 5.75 Å². The normalized spacial score (nSPS) is 11.8. The Hall–Kier alpha value is -4.64. The lowest BCUT2D eigenvalue weighted by Crippen LogP contribution is -2.53. The molecule has 38 heavy (non-hydrogen) atoms. The molecule has 0 spiro atoms. The third-order valence-electron chi connectivity index (χ3n) is 5.79. The number of benzene rings is 3. The van der Waals surface area contributed by atoms with Gasteiger partial charge in [0.15, 0.2) is 0 Å². The molecule has 0 bridgehead atoms. The monoisotopic (exact) mass is 533 g/mol. The number of fused-ring (bicyclic) bond motifs is 1. The average molecular weight is 534 g/mol. The number of carbonyl (C=O) groups is 2. The summed E-state index contributed by atoms with van der Waals surface area (Å²) in [5.41, 5.74) is 2.22. The lowest BCUT2D eigenvalue weighted by atomic mass is 10.0. The minimum absolute atomic E-state index is 0.149. The zero-order chi connectivity index (χ0) is 27.1. The molecular weight excluding hydrogens is 506 g/mol. The van der Waals surface area contributed by atoms with Gasteiger partial charge in [0.25, 0.3) is 0 Å². The number of urea groups is 1. The molecule has 196 valence electrons. The molecule has 1 atom stereocenters. The fraction of sp³-hybridized carbons (Fsp3) is 0.148. The van der Waals surface area contributed by atoms with Gasteiger partial charge in [-0.15, -0.1) is 0 Å². The van der Waals surface area contributed by atoms with Gasteiger partial charge in [-0.25, -0.2) is 9.52 Å². The van der Waals surface area contributed by atoms with E-state index < -0.39 is 28.2 Å². The summed E-state index contributed by atoms with van der Waals surface area (Å²) in [5, 5.41) is 3.09. The van der Waals surface area contributed by atoms with Crippen LogP contribution in [-0.2, 0) is 21.4 Å². The molecule has 0 aliphatic rings. The molecule has 0 aliphatic heterocycles. The van der Waals surface area contributed by atoms with Gasteiger partial charge in [-0.05, 0) is 54.1 Å². The number of amides is 3. The highest BCUT2D eigenvalue weighted by Crippen LogP contribution is 2.22. The van der Waals surface area contributed by atoms with E-state index in [-0.39, 0.29) is 12.1 Å². The van der Waals surface area contributed by atoms with Gasteiger partial charge in [0, 0.05) is 30.7 Å². The van der Waals surface area contributed by atoms with E-state index in [0.717, 1.165) is 5.56 Å². The quantitative estimate of drug-likeness (QED) is 0.302. The molecule has 1 aromatic heterocycles. The number of ether oxygens (including phenoxy) is 1. The zero-order valence-corrected chi connectivity index (χ0v) is 21.6. The summed E-state index contributed by atoms with van der Waals surface area (Å²) in [4.78, 5) is 31.8. The van der Waals surface area contributed by atoms with Crippen molar-refractivity contribution in [3.8, 4) is 5.75 Å². The second-order valence-corrected chi connectivity index (χ2v) is 9.81. The highest BCUT2D eigenvalue weighted by atomic mass is 32.2. The van der Waals surface area contributed by atoms with Gasteiger partial charge in [-0.2, -0.15) is 8.42 Å². The summed E-state index contributed by atoms with van der Waals surface area (Å²) >= 11 is 0. The van der Waals surface area contributed by atoms with Gasteiger partial charge in [0.05, 0.1) is 18.3 Å². The third-order valence-corrected chi connectivity index (χ3v) is 6.74. The van der Waals surface area contributed by atoms with Crippen LogP contribution in [0.1, 0.15) is 5.56 Å². The molecule has 10 nitrogen and oxygen atoms in total. The Balaban J connectivity index is 1.51. The fourth-order valence-corrected chi connectivity index (χ4v) is 4.71. The van der Waals surface area contributed by atoms with E-state index in [0.29, 0.717) is 22.3 Å². The molecule has 0 fully saturated rings. The van der Waals surface area contributed by atoms with Gasteiger partial charge in [0.1, 0.15) is 11.8 Å². The fourth-order valence-electron chi connectivity index (χ4n) is 3.89.